The number of benzene rings is 1. The Kier molecular flexibility index (Phi) is 6.98. The second-order valence-electron chi connectivity index (χ2n) is 5.46. The number of carbonyl (C=O) groups is 1. The van der Waals surface area contributed by atoms with Gasteiger partial charge in [-0.05, 0) is 43.5 Å². The van der Waals surface area contributed by atoms with Crippen molar-refractivity contribution in [1.82, 2.24) is 10.6 Å². The van der Waals surface area contributed by atoms with Crippen LogP contribution >= 0.6 is 24.0 Å². The molecule has 5 heteroatoms. The van der Waals surface area contributed by atoms with Crippen LogP contribution in [0.4, 0.5) is 0 Å². The molecule has 0 spiro atoms. The van der Waals surface area contributed by atoms with Gasteiger partial charge in [0.25, 0.3) is 0 Å². The molecular formula is C16H24Cl2N2O. The first-order chi connectivity index (χ1) is 9.62. The Hall–Kier alpha value is -0.770. The van der Waals surface area contributed by atoms with E-state index in [1.54, 1.807) is 0 Å². The molecule has 21 heavy (non-hydrogen) atoms. The predicted molar refractivity (Wildman–Crippen MR) is 90.4 cm³/mol. The van der Waals surface area contributed by atoms with E-state index in [1.165, 1.54) is 0 Å². The standard InChI is InChI=1S/C16H23ClN2O.ClH/c1-3-16(4-2,12-5-7-13(17)8-6-12)15(20)19-14-9-10-18-11-14;/h5-8,14,18H,3-4,9-11H2,1-2H3,(H,19,20);1H. The third kappa shape index (κ3) is 3.91. The average Bonchev–Trinajstić information content (AvgIpc) is 2.95. The highest BCUT2D eigenvalue weighted by molar-refractivity contribution is 6.30. The van der Waals surface area contributed by atoms with Crippen molar-refractivity contribution in [1.29, 1.82) is 0 Å². The molecule has 1 aromatic carbocycles. The summed E-state index contributed by atoms with van der Waals surface area (Å²) in [6, 6.07) is 7.93. The second-order valence-corrected chi connectivity index (χ2v) is 5.90. The van der Waals surface area contributed by atoms with Gasteiger partial charge >= 0.3 is 0 Å². The number of amides is 1. The molecule has 1 aliphatic heterocycles. The van der Waals surface area contributed by atoms with Crippen molar-refractivity contribution in [2.24, 2.45) is 0 Å². The summed E-state index contributed by atoms with van der Waals surface area (Å²) in [5.74, 6) is 0.138. The van der Waals surface area contributed by atoms with Crippen LogP contribution in [0.2, 0.25) is 5.02 Å². The smallest absolute Gasteiger partial charge is 0.230 e. The first kappa shape index (κ1) is 18.3. The minimum absolute atomic E-state index is 0. The lowest BCUT2D eigenvalue weighted by Gasteiger charge is -2.32. The van der Waals surface area contributed by atoms with Crippen LogP contribution in [0.3, 0.4) is 0 Å². The lowest BCUT2D eigenvalue weighted by molar-refractivity contribution is -0.127. The van der Waals surface area contributed by atoms with Gasteiger partial charge in [-0.3, -0.25) is 4.79 Å². The zero-order chi connectivity index (χ0) is 14.6. The summed E-state index contributed by atoms with van der Waals surface area (Å²) < 4.78 is 0. The molecule has 3 nitrogen and oxygen atoms in total. The van der Waals surface area contributed by atoms with Gasteiger partial charge in [-0.2, -0.15) is 0 Å². The van der Waals surface area contributed by atoms with Gasteiger partial charge in [-0.1, -0.05) is 37.6 Å². The van der Waals surface area contributed by atoms with E-state index in [2.05, 4.69) is 24.5 Å². The Bertz CT molecular complexity index is 452. The third-order valence-corrected chi connectivity index (χ3v) is 4.69. The highest BCUT2D eigenvalue weighted by atomic mass is 35.5. The summed E-state index contributed by atoms with van der Waals surface area (Å²) in [6.07, 6.45) is 2.59. The minimum Gasteiger partial charge on any atom is -0.351 e. The van der Waals surface area contributed by atoms with Gasteiger partial charge in [-0.25, -0.2) is 0 Å². The van der Waals surface area contributed by atoms with Gasteiger partial charge in [0.1, 0.15) is 0 Å². The van der Waals surface area contributed by atoms with Crippen molar-refractivity contribution in [3.63, 3.8) is 0 Å². The molecule has 2 rings (SSSR count). The Morgan fingerprint density at radius 3 is 2.43 bits per heavy atom. The Balaban J connectivity index is 0.00000220. The van der Waals surface area contributed by atoms with Crippen LogP contribution in [0, 0.1) is 0 Å². The third-order valence-electron chi connectivity index (χ3n) is 4.43. The van der Waals surface area contributed by atoms with Gasteiger partial charge in [0.2, 0.25) is 5.91 Å². The first-order valence-corrected chi connectivity index (χ1v) is 7.78. The maximum atomic E-state index is 12.8. The summed E-state index contributed by atoms with van der Waals surface area (Å²) >= 11 is 5.96. The van der Waals surface area contributed by atoms with Crippen molar-refractivity contribution in [2.75, 3.05) is 13.1 Å². The van der Waals surface area contributed by atoms with E-state index in [0.717, 1.165) is 37.9 Å². The largest absolute Gasteiger partial charge is 0.351 e. The van der Waals surface area contributed by atoms with Gasteiger partial charge in [0.05, 0.1) is 5.41 Å². The van der Waals surface area contributed by atoms with E-state index in [1.807, 2.05) is 24.3 Å². The van der Waals surface area contributed by atoms with Crippen LogP contribution in [-0.4, -0.2) is 25.0 Å². The van der Waals surface area contributed by atoms with Gasteiger partial charge in [0.15, 0.2) is 0 Å². The van der Waals surface area contributed by atoms with Crippen LogP contribution in [0.25, 0.3) is 0 Å². The molecule has 1 saturated heterocycles. The fourth-order valence-corrected chi connectivity index (χ4v) is 3.11. The van der Waals surface area contributed by atoms with E-state index < -0.39 is 5.41 Å². The molecule has 0 bridgehead atoms. The maximum Gasteiger partial charge on any atom is 0.230 e. The molecule has 2 N–H and O–H groups in total. The lowest BCUT2D eigenvalue weighted by Crippen LogP contribution is -2.48. The zero-order valence-corrected chi connectivity index (χ0v) is 14.2. The molecular weight excluding hydrogens is 307 g/mol. The molecule has 0 radical (unpaired) electrons. The molecule has 0 aliphatic carbocycles. The van der Waals surface area contributed by atoms with E-state index in [9.17, 15) is 4.79 Å². The van der Waals surface area contributed by atoms with Crippen LogP contribution in [0.15, 0.2) is 24.3 Å². The fraction of sp³-hybridized carbons (Fsp3) is 0.562. The van der Waals surface area contributed by atoms with Crippen molar-refractivity contribution < 1.29 is 4.79 Å². The quantitative estimate of drug-likeness (QED) is 0.869. The minimum atomic E-state index is -0.451. The number of hydrogen-bond donors (Lipinski definition) is 2. The van der Waals surface area contributed by atoms with Crippen molar-refractivity contribution in [3.8, 4) is 0 Å². The van der Waals surface area contributed by atoms with Crippen molar-refractivity contribution in [2.45, 2.75) is 44.6 Å². The Labute approximate surface area is 138 Å². The fourth-order valence-electron chi connectivity index (χ4n) is 2.98. The molecule has 1 amide bonds. The van der Waals surface area contributed by atoms with Crippen LogP contribution < -0.4 is 10.6 Å². The topological polar surface area (TPSA) is 41.1 Å². The first-order valence-electron chi connectivity index (χ1n) is 7.40. The van der Waals surface area contributed by atoms with Crippen molar-refractivity contribution >= 4 is 29.9 Å². The van der Waals surface area contributed by atoms with E-state index in [4.69, 9.17) is 11.6 Å². The SMILES string of the molecule is CCC(CC)(C(=O)NC1CCNC1)c1ccc(Cl)cc1.Cl. The zero-order valence-electron chi connectivity index (χ0n) is 12.6. The molecule has 118 valence electrons. The predicted octanol–water partition coefficient (Wildman–Crippen LogP) is 3.30. The van der Waals surface area contributed by atoms with E-state index in [-0.39, 0.29) is 24.4 Å². The monoisotopic (exact) mass is 330 g/mol. The Morgan fingerprint density at radius 1 is 1.33 bits per heavy atom. The molecule has 1 aliphatic rings. The van der Waals surface area contributed by atoms with Gasteiger partial charge in [-0.15, -0.1) is 12.4 Å². The average molecular weight is 331 g/mol. The molecule has 1 unspecified atom stereocenters. The lowest BCUT2D eigenvalue weighted by atomic mass is 9.75. The molecule has 1 atom stereocenters. The number of nitrogens with one attached hydrogen (secondary N) is 2. The van der Waals surface area contributed by atoms with E-state index >= 15 is 0 Å². The molecule has 0 aromatic heterocycles. The highest BCUT2D eigenvalue weighted by Gasteiger charge is 2.37. The van der Waals surface area contributed by atoms with Crippen LogP contribution in [0.5, 0.6) is 0 Å². The highest BCUT2D eigenvalue weighted by Crippen LogP contribution is 2.33. The van der Waals surface area contributed by atoms with Crippen LogP contribution in [0.1, 0.15) is 38.7 Å². The van der Waals surface area contributed by atoms with Gasteiger partial charge < -0.3 is 10.6 Å². The number of halogens is 2. The summed E-state index contributed by atoms with van der Waals surface area (Å²) in [5.41, 5.74) is 0.600. The molecule has 0 saturated carbocycles. The summed E-state index contributed by atoms with van der Waals surface area (Å²) in [6.45, 7) is 6.00. The summed E-state index contributed by atoms with van der Waals surface area (Å²) in [5, 5.41) is 7.18. The number of rotatable bonds is 5. The number of carbonyl (C=O) groups excluding carboxylic acids is 1. The summed E-state index contributed by atoms with van der Waals surface area (Å²) in [4.78, 5) is 12.8. The Morgan fingerprint density at radius 2 is 1.95 bits per heavy atom. The van der Waals surface area contributed by atoms with E-state index in [0.29, 0.717) is 5.02 Å². The molecule has 1 aromatic rings. The molecule has 1 fully saturated rings. The maximum absolute atomic E-state index is 12.8. The number of hydrogen-bond acceptors (Lipinski definition) is 2. The van der Waals surface area contributed by atoms with Crippen molar-refractivity contribution in [3.05, 3.63) is 34.9 Å². The van der Waals surface area contributed by atoms with Crippen LogP contribution in [-0.2, 0) is 10.2 Å². The summed E-state index contributed by atoms with van der Waals surface area (Å²) in [7, 11) is 0. The van der Waals surface area contributed by atoms with Gasteiger partial charge in [0, 0.05) is 17.6 Å². The second kappa shape index (κ2) is 8.02. The molecule has 1 heterocycles. The normalized spacial score (nSPS) is 18.1.